The summed E-state index contributed by atoms with van der Waals surface area (Å²) in [6.07, 6.45) is 5.59. The van der Waals surface area contributed by atoms with E-state index in [4.69, 9.17) is 0 Å². The summed E-state index contributed by atoms with van der Waals surface area (Å²) in [6.45, 7) is 1.14. The molecule has 0 radical (unpaired) electrons. The lowest BCUT2D eigenvalue weighted by molar-refractivity contribution is -0.125. The minimum Gasteiger partial charge on any atom is -0.368 e. The summed E-state index contributed by atoms with van der Waals surface area (Å²) < 4.78 is 0. The second-order valence-electron chi connectivity index (χ2n) is 5.54. The molecule has 0 saturated heterocycles. The van der Waals surface area contributed by atoms with Crippen LogP contribution in [0.3, 0.4) is 0 Å². The van der Waals surface area contributed by atoms with Gasteiger partial charge >= 0.3 is 0 Å². The molecule has 0 unspecified atom stereocenters. The third kappa shape index (κ3) is 4.72. The first-order valence-corrected chi connectivity index (χ1v) is 7.91. The zero-order chi connectivity index (χ0) is 15.8. The van der Waals surface area contributed by atoms with Gasteiger partial charge in [-0.1, -0.05) is 25.3 Å². The highest BCUT2D eigenvalue weighted by Crippen LogP contribution is 2.23. The van der Waals surface area contributed by atoms with E-state index in [9.17, 15) is 9.59 Å². The summed E-state index contributed by atoms with van der Waals surface area (Å²) in [7, 11) is 1.57. The van der Waals surface area contributed by atoms with Gasteiger partial charge in [-0.05, 0) is 25.0 Å². The third-order valence-corrected chi connectivity index (χ3v) is 3.92. The molecule has 22 heavy (non-hydrogen) atoms. The fraction of sp³-hybridized carbons (Fsp3) is 0.562. The van der Waals surface area contributed by atoms with Crippen molar-refractivity contribution >= 4 is 17.6 Å². The molecule has 6 nitrogen and oxygen atoms in total. The van der Waals surface area contributed by atoms with Crippen molar-refractivity contribution in [3.8, 4) is 0 Å². The fourth-order valence-electron chi connectivity index (χ4n) is 2.67. The summed E-state index contributed by atoms with van der Waals surface area (Å²) in [5.41, 5.74) is 0.374. The van der Waals surface area contributed by atoms with Crippen molar-refractivity contribution in [2.45, 2.75) is 32.1 Å². The molecule has 0 aliphatic heterocycles. The number of hydrogen-bond acceptors (Lipinski definition) is 4. The molecule has 1 saturated carbocycles. The van der Waals surface area contributed by atoms with Gasteiger partial charge in [0.05, 0.1) is 0 Å². The zero-order valence-corrected chi connectivity index (χ0v) is 13.0. The molecule has 0 aromatic carbocycles. The van der Waals surface area contributed by atoms with Crippen LogP contribution in [0, 0.1) is 5.92 Å². The Morgan fingerprint density at radius 1 is 1.18 bits per heavy atom. The number of nitrogens with zero attached hydrogens (tertiary/aromatic N) is 1. The predicted octanol–water partition coefficient (Wildman–Crippen LogP) is 1.55. The van der Waals surface area contributed by atoms with Crippen LogP contribution >= 0.6 is 0 Å². The average molecular weight is 304 g/mol. The van der Waals surface area contributed by atoms with Gasteiger partial charge in [0, 0.05) is 26.1 Å². The monoisotopic (exact) mass is 304 g/mol. The normalized spacial score (nSPS) is 15.1. The van der Waals surface area contributed by atoms with Crippen molar-refractivity contribution in [3.63, 3.8) is 0 Å². The third-order valence-electron chi connectivity index (χ3n) is 3.92. The number of carbonyl (C=O) groups excluding carboxylic acids is 2. The Hall–Kier alpha value is -2.11. The molecule has 1 heterocycles. The van der Waals surface area contributed by atoms with Gasteiger partial charge in [0.1, 0.15) is 11.5 Å². The lowest BCUT2D eigenvalue weighted by atomic mass is 9.89. The Kier molecular flexibility index (Phi) is 6.18. The molecule has 1 aromatic rings. The standard InChI is InChI=1S/C16H24N4O2/c1-17-16(22)13-8-5-9-14(20-13)18-10-11-19-15(21)12-6-3-2-4-7-12/h5,8-9,12H,2-4,6-7,10-11H2,1H3,(H,17,22)(H,18,20)(H,19,21). The van der Waals surface area contributed by atoms with Crippen molar-refractivity contribution in [2.24, 2.45) is 5.92 Å². The van der Waals surface area contributed by atoms with Gasteiger partial charge in [0.2, 0.25) is 5.91 Å². The van der Waals surface area contributed by atoms with Crippen LogP contribution in [-0.4, -0.2) is 36.9 Å². The lowest BCUT2D eigenvalue weighted by Crippen LogP contribution is -2.35. The van der Waals surface area contributed by atoms with Gasteiger partial charge < -0.3 is 16.0 Å². The summed E-state index contributed by atoms with van der Waals surface area (Å²) >= 11 is 0. The number of pyridine rings is 1. The number of aromatic nitrogens is 1. The molecule has 2 rings (SSSR count). The summed E-state index contributed by atoms with van der Waals surface area (Å²) in [5.74, 6) is 0.763. The molecule has 3 N–H and O–H groups in total. The van der Waals surface area contributed by atoms with Gasteiger partial charge in [-0.15, -0.1) is 0 Å². The van der Waals surface area contributed by atoms with E-state index < -0.39 is 0 Å². The lowest BCUT2D eigenvalue weighted by Gasteiger charge is -2.20. The van der Waals surface area contributed by atoms with E-state index in [1.807, 2.05) is 0 Å². The maximum absolute atomic E-state index is 12.0. The Morgan fingerprint density at radius 3 is 2.68 bits per heavy atom. The van der Waals surface area contributed by atoms with E-state index in [0.717, 1.165) is 25.7 Å². The summed E-state index contributed by atoms with van der Waals surface area (Å²) in [4.78, 5) is 27.7. The second kappa shape index (κ2) is 8.36. The number of rotatable bonds is 6. The van der Waals surface area contributed by atoms with Gasteiger partial charge in [-0.25, -0.2) is 4.98 Å². The predicted molar refractivity (Wildman–Crippen MR) is 85.7 cm³/mol. The highest BCUT2D eigenvalue weighted by molar-refractivity contribution is 5.92. The average Bonchev–Trinajstić information content (AvgIpc) is 2.59. The van der Waals surface area contributed by atoms with Crippen molar-refractivity contribution in [2.75, 3.05) is 25.5 Å². The topological polar surface area (TPSA) is 83.1 Å². The van der Waals surface area contributed by atoms with Gasteiger partial charge in [-0.2, -0.15) is 0 Å². The molecule has 1 aromatic heterocycles. The van der Waals surface area contributed by atoms with Gasteiger partial charge in [0.15, 0.2) is 0 Å². The molecule has 2 amide bonds. The molecular formula is C16H24N4O2. The van der Waals surface area contributed by atoms with Crippen LogP contribution in [0.1, 0.15) is 42.6 Å². The first kappa shape index (κ1) is 16.3. The minimum atomic E-state index is -0.214. The van der Waals surface area contributed by atoms with E-state index in [0.29, 0.717) is 24.6 Å². The van der Waals surface area contributed by atoms with Gasteiger partial charge in [0.25, 0.3) is 5.91 Å². The first-order valence-electron chi connectivity index (χ1n) is 7.91. The SMILES string of the molecule is CNC(=O)c1cccc(NCCNC(=O)C2CCCCC2)n1. The van der Waals surface area contributed by atoms with Crippen molar-refractivity contribution < 1.29 is 9.59 Å². The number of carbonyl (C=O) groups is 2. The van der Waals surface area contributed by atoms with E-state index in [1.165, 1.54) is 6.42 Å². The van der Waals surface area contributed by atoms with Crippen LogP contribution in [-0.2, 0) is 4.79 Å². The van der Waals surface area contributed by atoms with Crippen LogP contribution in [0.15, 0.2) is 18.2 Å². The smallest absolute Gasteiger partial charge is 0.269 e. The Bertz CT molecular complexity index is 513. The zero-order valence-electron chi connectivity index (χ0n) is 13.0. The molecule has 0 atom stereocenters. The van der Waals surface area contributed by atoms with Crippen molar-refractivity contribution in [1.29, 1.82) is 0 Å². The van der Waals surface area contributed by atoms with E-state index >= 15 is 0 Å². The Labute approximate surface area is 131 Å². The van der Waals surface area contributed by atoms with Crippen LogP contribution in [0.4, 0.5) is 5.82 Å². The maximum Gasteiger partial charge on any atom is 0.269 e. The number of amides is 2. The molecule has 120 valence electrons. The van der Waals surface area contributed by atoms with E-state index in [1.54, 1.807) is 25.2 Å². The molecule has 6 heteroatoms. The Balaban J connectivity index is 1.72. The van der Waals surface area contributed by atoms with Crippen molar-refractivity contribution in [3.05, 3.63) is 23.9 Å². The fourth-order valence-corrected chi connectivity index (χ4v) is 2.67. The number of hydrogen-bond donors (Lipinski definition) is 3. The Morgan fingerprint density at radius 2 is 1.95 bits per heavy atom. The summed E-state index contributed by atoms with van der Waals surface area (Å²) in [5, 5.41) is 8.62. The van der Waals surface area contributed by atoms with Crippen LogP contribution in [0.25, 0.3) is 0 Å². The quantitative estimate of drug-likeness (QED) is 0.696. The van der Waals surface area contributed by atoms with E-state index in [-0.39, 0.29) is 17.7 Å². The molecule has 1 aliphatic carbocycles. The molecular weight excluding hydrogens is 280 g/mol. The number of anilines is 1. The highest BCUT2D eigenvalue weighted by atomic mass is 16.2. The summed E-state index contributed by atoms with van der Waals surface area (Å²) in [6, 6.07) is 5.24. The second-order valence-corrected chi connectivity index (χ2v) is 5.54. The largest absolute Gasteiger partial charge is 0.368 e. The number of nitrogens with one attached hydrogen (secondary N) is 3. The van der Waals surface area contributed by atoms with Crippen LogP contribution in [0.5, 0.6) is 0 Å². The molecule has 0 bridgehead atoms. The van der Waals surface area contributed by atoms with Crippen LogP contribution < -0.4 is 16.0 Å². The maximum atomic E-state index is 12.0. The first-order chi connectivity index (χ1) is 10.7. The minimum absolute atomic E-state index is 0.161. The van der Waals surface area contributed by atoms with E-state index in [2.05, 4.69) is 20.9 Å². The molecule has 0 spiro atoms. The highest BCUT2D eigenvalue weighted by Gasteiger charge is 2.20. The van der Waals surface area contributed by atoms with Gasteiger partial charge in [-0.3, -0.25) is 9.59 Å². The van der Waals surface area contributed by atoms with Crippen molar-refractivity contribution in [1.82, 2.24) is 15.6 Å². The molecule has 1 fully saturated rings. The van der Waals surface area contributed by atoms with Crippen LogP contribution in [0.2, 0.25) is 0 Å². The molecule has 1 aliphatic rings.